The fraction of sp³-hybridized carbons (Fsp3) is 0. The van der Waals surface area contributed by atoms with Crippen LogP contribution < -0.4 is 21.1 Å². The molecule has 0 saturated heterocycles. The lowest BCUT2D eigenvalue weighted by Crippen LogP contribution is -2.59. The number of aromatic carboxylic acids is 1. The summed E-state index contributed by atoms with van der Waals surface area (Å²) in [6.45, 7) is 0.345. The van der Waals surface area contributed by atoms with Gasteiger partial charge in [-0.25, -0.2) is 19.7 Å². The summed E-state index contributed by atoms with van der Waals surface area (Å²) in [6.07, 6.45) is 0. The molecule has 12 aromatic rings. The average molecular weight is 888 g/mol. The van der Waals surface area contributed by atoms with Gasteiger partial charge >= 0.3 is 5.97 Å². The molecule has 9 aromatic carbocycles. The minimum absolute atomic E-state index is 0.101. The first-order chi connectivity index (χ1) is 34.0. The molecular weight excluding hydrogens is 853 g/mol. The molecule has 9 nitrogen and oxygen atoms in total. The lowest BCUT2D eigenvalue weighted by molar-refractivity contribution is -0.120. The maximum Gasteiger partial charge on any atom is 0.335 e. The first-order valence-corrected chi connectivity index (χ1v) is 22.7. The summed E-state index contributed by atoms with van der Waals surface area (Å²) in [4.78, 5) is 38.4. The molecule has 0 bridgehead atoms. The molecule has 2 aliphatic heterocycles. The van der Waals surface area contributed by atoms with Gasteiger partial charge in [0.2, 0.25) is 0 Å². The summed E-state index contributed by atoms with van der Waals surface area (Å²) >= 11 is 0. The molecule has 1 N–H and O–H groups in total. The van der Waals surface area contributed by atoms with Crippen LogP contribution in [0, 0.1) is 0 Å². The smallest absolute Gasteiger partial charge is 0.335 e. The Kier molecular flexibility index (Phi) is 8.33. The summed E-state index contributed by atoms with van der Waals surface area (Å²) in [5.74, 6) is 1.28. The number of hydrogen-bond acceptors (Lipinski definition) is 6. The Hall–Kier alpha value is -9.41. The second-order valence-corrected chi connectivity index (χ2v) is 17.6. The Labute approximate surface area is 394 Å². The minimum Gasteiger partial charge on any atom is -0.478 e. The minimum atomic E-state index is -0.949. The van der Waals surface area contributed by atoms with E-state index in [1.807, 2.05) is 97.1 Å². The molecule has 3 aromatic heterocycles. The second kappa shape index (κ2) is 14.8. The highest BCUT2D eigenvalue weighted by atomic mass is 16.5. The molecule has 0 aliphatic carbocycles. The van der Waals surface area contributed by atoms with E-state index in [1.54, 1.807) is 12.1 Å². The van der Waals surface area contributed by atoms with Crippen molar-refractivity contribution in [1.29, 1.82) is 0 Å². The van der Waals surface area contributed by atoms with E-state index in [0.717, 1.165) is 93.9 Å². The molecule has 5 heterocycles. The van der Waals surface area contributed by atoms with Crippen LogP contribution in [0.15, 0.2) is 194 Å². The van der Waals surface area contributed by atoms with Crippen molar-refractivity contribution in [1.82, 2.24) is 24.1 Å². The molecule has 14 rings (SSSR count). The monoisotopic (exact) mass is 887 g/mol. The van der Waals surface area contributed by atoms with Gasteiger partial charge in [0.25, 0.3) is 13.2 Å². The molecule has 0 unspecified atom stereocenters. The number of fused-ring (bicyclic) bond motifs is 10. The van der Waals surface area contributed by atoms with Gasteiger partial charge in [-0.15, -0.1) is 0 Å². The zero-order chi connectivity index (χ0) is 45.9. The number of carboxylic acid groups (broad SMARTS) is 1. The third-order valence-corrected chi connectivity index (χ3v) is 14.0. The zero-order valence-electron chi connectivity index (χ0n) is 36.5. The van der Waals surface area contributed by atoms with Gasteiger partial charge in [-0.3, -0.25) is 4.79 Å². The van der Waals surface area contributed by atoms with Crippen molar-refractivity contribution in [3.63, 3.8) is 0 Å². The molecule has 0 spiro atoms. The molecule has 10 heteroatoms. The van der Waals surface area contributed by atoms with Crippen molar-refractivity contribution >= 4 is 79.2 Å². The van der Waals surface area contributed by atoms with Crippen LogP contribution in [0.2, 0.25) is 0 Å². The molecule has 0 radical (unpaired) electrons. The van der Waals surface area contributed by atoms with E-state index >= 15 is 0 Å². The van der Waals surface area contributed by atoms with Gasteiger partial charge in [-0.1, -0.05) is 133 Å². The maximum atomic E-state index is 11.7. The van der Waals surface area contributed by atoms with E-state index in [-0.39, 0.29) is 12.3 Å². The van der Waals surface area contributed by atoms with Crippen molar-refractivity contribution in [2.45, 2.75) is 0 Å². The second-order valence-electron chi connectivity index (χ2n) is 17.6. The van der Waals surface area contributed by atoms with Crippen LogP contribution in [-0.4, -0.2) is 48.3 Å². The molecule has 2 aliphatic rings. The summed E-state index contributed by atoms with van der Waals surface area (Å²) in [6, 6.07) is 65.9. The van der Waals surface area contributed by atoms with Crippen molar-refractivity contribution in [3.05, 3.63) is 200 Å². The molecule has 0 fully saturated rings. The standard InChI is InChI=1S/C59H34BN5O4/c66-33-69-42-25-21-35(22-26-42)40-24-28-50-46(30-40)44-14-8-16-48-55(44)65(50)52-32-41(58-62-56(36-9-3-1-4-10-36)61-57(63-58)37-11-5-2-6-12-37)31-51-53(52)60(48)47-15-7-13-43-45-29-39(23-27-49(45)64(51)54(43)47)34-17-19-38(20-18-34)59(67)68/h1-33H,(H,67,68). The highest BCUT2D eigenvalue weighted by Crippen LogP contribution is 2.42. The van der Waals surface area contributed by atoms with Crippen molar-refractivity contribution in [2.75, 3.05) is 0 Å². The van der Waals surface area contributed by atoms with E-state index in [9.17, 15) is 14.7 Å². The maximum absolute atomic E-state index is 11.7. The predicted molar refractivity (Wildman–Crippen MR) is 274 cm³/mol. The molecule has 0 atom stereocenters. The number of carbonyl (C=O) groups is 2. The summed E-state index contributed by atoms with van der Waals surface area (Å²) in [7, 11) is 0. The number of carbonyl (C=O) groups excluding carboxylic acids is 1. The highest BCUT2D eigenvalue weighted by molar-refractivity contribution is 7.00. The number of ether oxygens (including phenoxy) is 1. The summed E-state index contributed by atoms with van der Waals surface area (Å²) in [5.41, 5.74) is 17.1. The lowest BCUT2D eigenvalue weighted by atomic mass is 9.34. The number of aromatic nitrogens is 5. The summed E-state index contributed by atoms with van der Waals surface area (Å²) < 4.78 is 9.98. The van der Waals surface area contributed by atoms with Crippen molar-refractivity contribution in [3.8, 4) is 73.5 Å². The Bertz CT molecular complexity index is 4090. The first kappa shape index (κ1) is 38.8. The number of para-hydroxylation sites is 2. The van der Waals surface area contributed by atoms with Crippen LogP contribution >= 0.6 is 0 Å². The Morgan fingerprint density at radius 1 is 0.464 bits per heavy atom. The quantitative estimate of drug-likeness (QED) is 0.119. The largest absolute Gasteiger partial charge is 0.478 e. The molecule has 69 heavy (non-hydrogen) atoms. The molecule has 0 amide bonds. The van der Waals surface area contributed by atoms with Gasteiger partial charge in [0.05, 0.1) is 16.6 Å². The van der Waals surface area contributed by atoms with Crippen LogP contribution in [0.25, 0.3) is 111 Å². The van der Waals surface area contributed by atoms with Gasteiger partial charge in [0.1, 0.15) is 5.75 Å². The zero-order valence-corrected chi connectivity index (χ0v) is 36.5. The van der Waals surface area contributed by atoms with Crippen LogP contribution in [0.1, 0.15) is 10.4 Å². The van der Waals surface area contributed by atoms with E-state index in [0.29, 0.717) is 29.7 Å². The normalized spacial score (nSPS) is 12.2. The van der Waals surface area contributed by atoms with Gasteiger partial charge < -0.3 is 19.0 Å². The number of hydrogen-bond donors (Lipinski definition) is 1. The molecule has 322 valence electrons. The Morgan fingerprint density at radius 3 is 1.41 bits per heavy atom. The third-order valence-electron chi connectivity index (χ3n) is 14.0. The third kappa shape index (κ3) is 5.82. The number of benzene rings is 9. The van der Waals surface area contributed by atoms with E-state index in [1.165, 1.54) is 16.4 Å². The number of rotatable bonds is 8. The van der Waals surface area contributed by atoms with Crippen molar-refractivity contribution in [2.24, 2.45) is 0 Å². The van der Waals surface area contributed by atoms with Crippen LogP contribution in [0.4, 0.5) is 0 Å². The predicted octanol–water partition coefficient (Wildman–Crippen LogP) is 10.8. The lowest BCUT2D eigenvalue weighted by Gasteiger charge is -2.34. The SMILES string of the molecule is O=COc1ccc(-c2ccc3c(c2)c2cccc4c2n3-c2cc(-c3nc(-c5ccccc5)nc(-c5ccccc5)n3)cc3c2B4c2cccc4c5cc(-c6ccc(C(=O)O)cc6)ccc5n-3c24)cc1. The van der Waals surface area contributed by atoms with E-state index < -0.39 is 5.97 Å². The van der Waals surface area contributed by atoms with E-state index in [2.05, 4.69) is 94.1 Å². The first-order valence-electron chi connectivity index (χ1n) is 22.7. The van der Waals surface area contributed by atoms with Crippen LogP contribution in [0.5, 0.6) is 5.75 Å². The van der Waals surface area contributed by atoms with Gasteiger partial charge in [-0.2, -0.15) is 0 Å². The highest BCUT2D eigenvalue weighted by Gasteiger charge is 2.41. The average Bonchev–Trinajstić information content (AvgIpc) is 3.93. The fourth-order valence-electron chi connectivity index (χ4n) is 10.9. The van der Waals surface area contributed by atoms with Gasteiger partial charge in [0.15, 0.2) is 17.5 Å². The van der Waals surface area contributed by atoms with Crippen LogP contribution in [0.3, 0.4) is 0 Å². The van der Waals surface area contributed by atoms with Crippen LogP contribution in [-0.2, 0) is 4.79 Å². The topological polar surface area (TPSA) is 112 Å². The van der Waals surface area contributed by atoms with Crippen molar-refractivity contribution < 1.29 is 19.4 Å². The number of nitrogens with zero attached hydrogens (tertiary/aromatic N) is 5. The van der Waals surface area contributed by atoms with E-state index in [4.69, 9.17) is 19.7 Å². The van der Waals surface area contributed by atoms with Gasteiger partial charge in [0, 0.05) is 60.6 Å². The van der Waals surface area contributed by atoms with Gasteiger partial charge in [-0.05, 0) is 99.3 Å². The molecular formula is C59H34BN5O4. The Morgan fingerprint density at radius 2 is 0.928 bits per heavy atom. The fourth-order valence-corrected chi connectivity index (χ4v) is 10.9. The summed E-state index contributed by atoms with van der Waals surface area (Å²) in [5, 5.41) is 14.1. The number of carboxylic acids is 1. The Balaban J connectivity index is 1.07. The molecule has 0 saturated carbocycles.